The van der Waals surface area contributed by atoms with Gasteiger partial charge < -0.3 is 15.5 Å². The van der Waals surface area contributed by atoms with E-state index in [1.165, 1.54) is 0 Å². The summed E-state index contributed by atoms with van der Waals surface area (Å²) in [4.78, 5) is 26.4. The molecule has 1 aliphatic carbocycles. The van der Waals surface area contributed by atoms with E-state index in [-0.39, 0.29) is 17.9 Å². The van der Waals surface area contributed by atoms with Crippen LogP contribution in [0.15, 0.2) is 42.5 Å². The molecule has 2 aromatic rings. The van der Waals surface area contributed by atoms with Gasteiger partial charge in [0.25, 0.3) is 0 Å². The highest BCUT2D eigenvalue weighted by molar-refractivity contribution is 6.01. The number of nitriles is 1. The minimum atomic E-state index is -0.546. The van der Waals surface area contributed by atoms with Gasteiger partial charge in [-0.1, -0.05) is 36.4 Å². The molecule has 164 valence electrons. The third kappa shape index (κ3) is 3.89. The van der Waals surface area contributed by atoms with Crippen molar-refractivity contribution < 1.29 is 9.59 Å². The van der Waals surface area contributed by atoms with E-state index in [0.717, 1.165) is 53.6 Å². The van der Waals surface area contributed by atoms with Crippen LogP contribution in [0.5, 0.6) is 0 Å². The summed E-state index contributed by atoms with van der Waals surface area (Å²) in [5.41, 5.74) is 5.15. The van der Waals surface area contributed by atoms with Crippen LogP contribution in [0.3, 0.4) is 0 Å². The first-order valence-corrected chi connectivity index (χ1v) is 11.5. The summed E-state index contributed by atoms with van der Waals surface area (Å²) < 4.78 is 0. The first-order chi connectivity index (χ1) is 15.5. The van der Waals surface area contributed by atoms with E-state index in [4.69, 9.17) is 0 Å². The van der Waals surface area contributed by atoms with Gasteiger partial charge >= 0.3 is 0 Å². The molecule has 2 bridgehead atoms. The SMILES string of the molecule is CN1C(=O)Cc2ccc(-c3ccc(C[C@@H](C#N)NC(=O)[C@H]4NC5CCC4CC5)cc3)cc21. The summed E-state index contributed by atoms with van der Waals surface area (Å²) in [5.74, 6) is 0.466. The van der Waals surface area contributed by atoms with Gasteiger partial charge in [-0.3, -0.25) is 9.59 Å². The van der Waals surface area contributed by atoms with Crippen LogP contribution in [0.1, 0.15) is 36.8 Å². The van der Waals surface area contributed by atoms with Crippen LogP contribution in [0, 0.1) is 17.2 Å². The van der Waals surface area contributed by atoms with Gasteiger partial charge in [0, 0.05) is 25.2 Å². The number of amides is 2. The Morgan fingerprint density at radius 3 is 2.53 bits per heavy atom. The average Bonchev–Trinajstić information content (AvgIpc) is 3.12. The zero-order valence-electron chi connectivity index (χ0n) is 18.3. The maximum Gasteiger partial charge on any atom is 0.238 e. The molecule has 6 heteroatoms. The minimum Gasteiger partial charge on any atom is -0.339 e. The normalized spacial score (nSPS) is 24.7. The Bertz CT molecular complexity index is 1080. The van der Waals surface area contributed by atoms with Crippen molar-refractivity contribution >= 4 is 17.5 Å². The van der Waals surface area contributed by atoms with Crippen LogP contribution in [-0.4, -0.2) is 37.0 Å². The van der Waals surface area contributed by atoms with Crippen molar-refractivity contribution in [2.24, 2.45) is 5.92 Å². The molecule has 2 aromatic carbocycles. The van der Waals surface area contributed by atoms with Crippen LogP contribution in [0.4, 0.5) is 5.69 Å². The Labute approximate surface area is 188 Å². The summed E-state index contributed by atoms with van der Waals surface area (Å²) in [5, 5.41) is 16.0. The highest BCUT2D eigenvalue weighted by Gasteiger charge is 2.39. The zero-order chi connectivity index (χ0) is 22.2. The number of hydrogen-bond acceptors (Lipinski definition) is 4. The van der Waals surface area contributed by atoms with E-state index in [0.29, 0.717) is 24.8 Å². The predicted molar refractivity (Wildman–Crippen MR) is 123 cm³/mol. The van der Waals surface area contributed by atoms with Crippen molar-refractivity contribution in [2.45, 2.75) is 56.7 Å². The zero-order valence-corrected chi connectivity index (χ0v) is 18.3. The lowest BCUT2D eigenvalue weighted by Gasteiger charge is -2.42. The van der Waals surface area contributed by atoms with Crippen LogP contribution in [-0.2, 0) is 22.4 Å². The number of carbonyl (C=O) groups excluding carboxylic acids is 2. The van der Waals surface area contributed by atoms with Gasteiger partial charge in [-0.25, -0.2) is 0 Å². The molecule has 4 aliphatic rings. The lowest BCUT2D eigenvalue weighted by Crippen LogP contribution is -2.59. The average molecular weight is 429 g/mol. The van der Waals surface area contributed by atoms with Crippen molar-refractivity contribution in [1.82, 2.24) is 10.6 Å². The van der Waals surface area contributed by atoms with Crippen LogP contribution in [0.25, 0.3) is 11.1 Å². The number of nitrogens with zero attached hydrogens (tertiary/aromatic N) is 2. The van der Waals surface area contributed by atoms with Gasteiger partial charge in [0.15, 0.2) is 0 Å². The third-order valence-electron chi connectivity index (χ3n) is 7.30. The Morgan fingerprint density at radius 1 is 1.16 bits per heavy atom. The highest BCUT2D eigenvalue weighted by atomic mass is 16.2. The topological polar surface area (TPSA) is 85.2 Å². The molecule has 1 saturated carbocycles. The second-order valence-corrected chi connectivity index (χ2v) is 9.32. The van der Waals surface area contributed by atoms with E-state index in [2.05, 4.69) is 22.8 Å². The fourth-order valence-corrected chi connectivity index (χ4v) is 5.38. The minimum absolute atomic E-state index is 0.0422. The van der Waals surface area contributed by atoms with E-state index in [9.17, 15) is 14.9 Å². The Kier molecular flexibility index (Phi) is 5.44. The molecule has 0 unspecified atom stereocenters. The van der Waals surface area contributed by atoms with Crippen molar-refractivity contribution in [3.05, 3.63) is 53.6 Å². The number of carbonyl (C=O) groups is 2. The monoisotopic (exact) mass is 428 g/mol. The molecule has 0 spiro atoms. The molecule has 32 heavy (non-hydrogen) atoms. The summed E-state index contributed by atoms with van der Waals surface area (Å²) in [7, 11) is 1.81. The second-order valence-electron chi connectivity index (χ2n) is 9.32. The Morgan fingerprint density at radius 2 is 1.88 bits per heavy atom. The van der Waals surface area contributed by atoms with E-state index >= 15 is 0 Å². The molecule has 2 N–H and O–H groups in total. The Balaban J connectivity index is 1.24. The number of fused-ring (bicyclic) bond motifs is 4. The molecule has 2 saturated heterocycles. The predicted octanol–water partition coefficient (Wildman–Crippen LogP) is 2.95. The molecule has 2 amide bonds. The molecule has 3 fully saturated rings. The van der Waals surface area contributed by atoms with Gasteiger partial charge in [0.05, 0.1) is 18.5 Å². The molecule has 6 rings (SSSR count). The maximum absolute atomic E-state index is 12.8. The van der Waals surface area contributed by atoms with Gasteiger partial charge in [-0.2, -0.15) is 5.26 Å². The smallest absolute Gasteiger partial charge is 0.238 e. The fourth-order valence-electron chi connectivity index (χ4n) is 5.38. The second kappa shape index (κ2) is 8.40. The first kappa shape index (κ1) is 20.7. The van der Waals surface area contributed by atoms with E-state index < -0.39 is 6.04 Å². The van der Waals surface area contributed by atoms with Crippen LogP contribution < -0.4 is 15.5 Å². The highest BCUT2D eigenvalue weighted by Crippen LogP contribution is 2.34. The molecule has 6 nitrogen and oxygen atoms in total. The van der Waals surface area contributed by atoms with Crippen molar-refractivity contribution in [1.29, 1.82) is 5.26 Å². The number of benzene rings is 2. The quantitative estimate of drug-likeness (QED) is 0.767. The molecule has 2 atom stereocenters. The Hall–Kier alpha value is -3.17. The first-order valence-electron chi connectivity index (χ1n) is 11.5. The van der Waals surface area contributed by atoms with E-state index in [1.807, 2.05) is 43.4 Å². The third-order valence-corrected chi connectivity index (χ3v) is 7.30. The summed E-state index contributed by atoms with van der Waals surface area (Å²) in [6.45, 7) is 0. The van der Waals surface area contributed by atoms with Crippen molar-refractivity contribution in [2.75, 3.05) is 11.9 Å². The van der Waals surface area contributed by atoms with E-state index in [1.54, 1.807) is 4.90 Å². The molecule has 0 radical (unpaired) electrons. The maximum atomic E-state index is 12.8. The number of piperidine rings is 2. The van der Waals surface area contributed by atoms with Gasteiger partial charge in [-0.15, -0.1) is 0 Å². The molecular weight excluding hydrogens is 400 g/mol. The largest absolute Gasteiger partial charge is 0.339 e. The van der Waals surface area contributed by atoms with Gasteiger partial charge in [0.1, 0.15) is 6.04 Å². The van der Waals surface area contributed by atoms with Crippen LogP contribution >= 0.6 is 0 Å². The van der Waals surface area contributed by atoms with Crippen molar-refractivity contribution in [3.63, 3.8) is 0 Å². The number of hydrogen-bond donors (Lipinski definition) is 2. The lowest BCUT2D eigenvalue weighted by molar-refractivity contribution is -0.127. The van der Waals surface area contributed by atoms with Gasteiger partial charge in [0.2, 0.25) is 11.8 Å². The summed E-state index contributed by atoms with van der Waals surface area (Å²) >= 11 is 0. The number of likely N-dealkylation sites (N-methyl/N-ethyl adjacent to an activating group) is 1. The number of anilines is 1. The van der Waals surface area contributed by atoms with Crippen LogP contribution in [0.2, 0.25) is 0 Å². The molecule has 3 aliphatic heterocycles. The fraction of sp³-hybridized carbons (Fsp3) is 0.423. The van der Waals surface area contributed by atoms with Crippen molar-refractivity contribution in [3.8, 4) is 17.2 Å². The number of nitrogens with one attached hydrogen (secondary N) is 2. The van der Waals surface area contributed by atoms with Gasteiger partial charge in [-0.05, 0) is 59.9 Å². The molecule has 0 aromatic heterocycles. The number of rotatable bonds is 5. The standard InChI is InChI=1S/C26H28N4O2/c1-30-23-13-19(6-7-20(23)14-24(30)31)17-4-2-16(3-5-17)12-22(15-27)29-26(32)25-18-8-10-21(28-25)11-9-18/h2-7,13,18,21-22,25,28H,8-12,14H2,1H3,(H,29,32)/t18?,21?,22-,25-/m0/s1. The molecule has 3 heterocycles. The molecular formula is C26H28N4O2. The summed E-state index contributed by atoms with van der Waals surface area (Å²) in [6.07, 6.45) is 5.44. The summed E-state index contributed by atoms with van der Waals surface area (Å²) in [6, 6.07) is 16.2. The lowest BCUT2D eigenvalue weighted by atomic mass is 9.76.